The maximum Gasteiger partial charge on any atom is 0.320 e. The first kappa shape index (κ1) is 15.0. The van der Waals surface area contributed by atoms with Gasteiger partial charge in [0, 0.05) is 23.8 Å². The van der Waals surface area contributed by atoms with E-state index in [0.29, 0.717) is 0 Å². The van der Waals surface area contributed by atoms with Crippen molar-refractivity contribution in [1.29, 1.82) is 0 Å². The van der Waals surface area contributed by atoms with Gasteiger partial charge in [-0.3, -0.25) is 14.4 Å². The Balaban J connectivity index is 2.32. The zero-order chi connectivity index (χ0) is 14.9. The Labute approximate surface area is 120 Å². The molecule has 1 saturated heterocycles. The molecule has 1 aliphatic rings. The zero-order valence-electron chi connectivity index (χ0n) is 12.9. The monoisotopic (exact) mass is 279 g/mol. The van der Waals surface area contributed by atoms with Crippen LogP contribution in [0.25, 0.3) is 0 Å². The molecule has 2 unspecified atom stereocenters. The quantitative estimate of drug-likeness (QED) is 0.920. The van der Waals surface area contributed by atoms with Gasteiger partial charge in [0.15, 0.2) is 0 Å². The van der Waals surface area contributed by atoms with Gasteiger partial charge in [0.1, 0.15) is 6.04 Å². The SMILES string of the molecule is CCn1nc(C)c(C(C)N2CCCCC2C(=O)O)c1C. The van der Waals surface area contributed by atoms with Gasteiger partial charge in [0.25, 0.3) is 0 Å². The van der Waals surface area contributed by atoms with Gasteiger partial charge in [-0.05, 0) is 47.1 Å². The summed E-state index contributed by atoms with van der Waals surface area (Å²) in [5, 5.41) is 14.0. The summed E-state index contributed by atoms with van der Waals surface area (Å²) in [6.07, 6.45) is 2.83. The molecule has 0 bridgehead atoms. The molecule has 0 saturated carbocycles. The second-order valence-corrected chi connectivity index (χ2v) is 5.66. The molecule has 0 radical (unpaired) electrons. The number of carbonyl (C=O) groups is 1. The van der Waals surface area contributed by atoms with Gasteiger partial charge in [0.2, 0.25) is 0 Å². The summed E-state index contributed by atoms with van der Waals surface area (Å²) < 4.78 is 2.00. The minimum atomic E-state index is -0.699. The van der Waals surface area contributed by atoms with Gasteiger partial charge in [0.05, 0.1) is 5.69 Å². The Morgan fingerprint density at radius 2 is 2.15 bits per heavy atom. The van der Waals surface area contributed by atoms with Gasteiger partial charge in [-0.25, -0.2) is 0 Å². The average molecular weight is 279 g/mol. The standard InChI is InChI=1S/C15H25N3O2/c1-5-18-12(4)14(10(2)16-18)11(3)17-9-7-6-8-13(17)15(19)20/h11,13H,5-9H2,1-4H3,(H,19,20). The van der Waals surface area contributed by atoms with Crippen LogP contribution in [-0.2, 0) is 11.3 Å². The maximum absolute atomic E-state index is 11.5. The molecule has 1 N–H and O–H groups in total. The Morgan fingerprint density at radius 1 is 1.45 bits per heavy atom. The van der Waals surface area contributed by atoms with Crippen molar-refractivity contribution >= 4 is 5.97 Å². The molecule has 0 amide bonds. The van der Waals surface area contributed by atoms with E-state index in [-0.39, 0.29) is 12.1 Å². The van der Waals surface area contributed by atoms with Crippen LogP contribution in [0.1, 0.15) is 56.1 Å². The van der Waals surface area contributed by atoms with Gasteiger partial charge in [-0.15, -0.1) is 0 Å². The number of rotatable bonds is 4. The van der Waals surface area contributed by atoms with Crippen LogP contribution in [0.2, 0.25) is 0 Å². The molecule has 0 aromatic carbocycles. The first-order chi connectivity index (χ1) is 9.47. The molecule has 5 nitrogen and oxygen atoms in total. The number of hydrogen-bond donors (Lipinski definition) is 1. The fraction of sp³-hybridized carbons (Fsp3) is 0.733. The second kappa shape index (κ2) is 5.95. The van der Waals surface area contributed by atoms with Crippen LogP contribution in [0, 0.1) is 13.8 Å². The lowest BCUT2D eigenvalue weighted by molar-refractivity contribution is -0.145. The van der Waals surface area contributed by atoms with E-state index in [9.17, 15) is 9.90 Å². The van der Waals surface area contributed by atoms with E-state index in [1.165, 1.54) is 5.56 Å². The van der Waals surface area contributed by atoms with Gasteiger partial charge < -0.3 is 5.11 Å². The average Bonchev–Trinajstić information content (AvgIpc) is 2.72. The van der Waals surface area contributed by atoms with Gasteiger partial charge >= 0.3 is 5.97 Å². The number of carboxylic acids is 1. The lowest BCUT2D eigenvalue weighted by Crippen LogP contribution is -2.46. The Bertz CT molecular complexity index is 496. The summed E-state index contributed by atoms with van der Waals surface area (Å²) >= 11 is 0. The van der Waals surface area contributed by atoms with Crippen molar-refractivity contribution in [2.24, 2.45) is 0 Å². The van der Waals surface area contributed by atoms with Crippen LogP contribution in [0.3, 0.4) is 0 Å². The van der Waals surface area contributed by atoms with Crippen molar-refractivity contribution < 1.29 is 9.90 Å². The predicted octanol–water partition coefficient (Wildman–Crippen LogP) is 2.52. The molecule has 1 aromatic heterocycles. The molecule has 2 atom stereocenters. The van der Waals surface area contributed by atoms with Gasteiger partial charge in [-0.2, -0.15) is 5.10 Å². The van der Waals surface area contributed by atoms with Crippen molar-refractivity contribution in [3.8, 4) is 0 Å². The van der Waals surface area contributed by atoms with Crippen molar-refractivity contribution in [3.63, 3.8) is 0 Å². The van der Waals surface area contributed by atoms with Crippen LogP contribution in [0.4, 0.5) is 0 Å². The number of likely N-dealkylation sites (tertiary alicyclic amines) is 1. The Kier molecular flexibility index (Phi) is 4.48. The molecule has 2 rings (SSSR count). The van der Waals surface area contributed by atoms with Crippen molar-refractivity contribution in [2.45, 2.75) is 65.6 Å². The summed E-state index contributed by atoms with van der Waals surface area (Å²) in [7, 11) is 0. The van der Waals surface area contributed by atoms with E-state index in [4.69, 9.17) is 0 Å². The molecular weight excluding hydrogens is 254 g/mol. The lowest BCUT2D eigenvalue weighted by Gasteiger charge is -2.37. The maximum atomic E-state index is 11.5. The summed E-state index contributed by atoms with van der Waals surface area (Å²) in [6.45, 7) is 9.99. The number of carboxylic acid groups (broad SMARTS) is 1. The molecule has 5 heteroatoms. The minimum Gasteiger partial charge on any atom is -0.480 e. The van der Waals surface area contributed by atoms with Crippen molar-refractivity contribution in [2.75, 3.05) is 6.54 Å². The van der Waals surface area contributed by atoms with Gasteiger partial charge in [-0.1, -0.05) is 6.42 Å². The number of nitrogens with zero attached hydrogens (tertiary/aromatic N) is 3. The van der Waals surface area contributed by atoms with Crippen LogP contribution >= 0.6 is 0 Å². The zero-order valence-corrected chi connectivity index (χ0v) is 12.9. The Hall–Kier alpha value is -1.36. The number of aryl methyl sites for hydroxylation is 2. The molecule has 112 valence electrons. The summed E-state index contributed by atoms with van der Waals surface area (Å²) in [5.74, 6) is -0.699. The third-order valence-corrected chi connectivity index (χ3v) is 4.48. The summed E-state index contributed by atoms with van der Waals surface area (Å²) in [4.78, 5) is 13.6. The molecule has 0 aliphatic carbocycles. The molecule has 1 fully saturated rings. The normalized spacial score (nSPS) is 21.9. The first-order valence-electron chi connectivity index (χ1n) is 7.49. The first-order valence-corrected chi connectivity index (χ1v) is 7.49. The molecule has 20 heavy (non-hydrogen) atoms. The van der Waals surface area contributed by atoms with E-state index in [1.807, 2.05) is 11.6 Å². The highest BCUT2D eigenvalue weighted by Crippen LogP contribution is 2.31. The molecule has 1 aromatic rings. The van der Waals surface area contributed by atoms with E-state index in [0.717, 1.165) is 43.7 Å². The second-order valence-electron chi connectivity index (χ2n) is 5.66. The highest BCUT2D eigenvalue weighted by Gasteiger charge is 2.34. The highest BCUT2D eigenvalue weighted by atomic mass is 16.4. The molecular formula is C15H25N3O2. The Morgan fingerprint density at radius 3 is 2.70 bits per heavy atom. The molecule has 0 spiro atoms. The molecule has 2 heterocycles. The lowest BCUT2D eigenvalue weighted by atomic mass is 9.96. The van der Waals surface area contributed by atoms with E-state index in [2.05, 4.69) is 30.8 Å². The smallest absolute Gasteiger partial charge is 0.320 e. The largest absolute Gasteiger partial charge is 0.480 e. The summed E-state index contributed by atoms with van der Waals surface area (Å²) in [5.41, 5.74) is 3.37. The van der Waals surface area contributed by atoms with Crippen LogP contribution in [0.5, 0.6) is 0 Å². The fourth-order valence-corrected chi connectivity index (χ4v) is 3.47. The number of piperidine rings is 1. The van der Waals surface area contributed by atoms with Crippen molar-refractivity contribution in [3.05, 3.63) is 17.0 Å². The third-order valence-electron chi connectivity index (χ3n) is 4.48. The number of aromatic nitrogens is 2. The third kappa shape index (κ3) is 2.59. The summed E-state index contributed by atoms with van der Waals surface area (Å²) in [6, 6.07) is -0.251. The molecule has 1 aliphatic heterocycles. The predicted molar refractivity (Wildman–Crippen MR) is 77.8 cm³/mol. The number of aliphatic carboxylic acids is 1. The van der Waals surface area contributed by atoms with E-state index < -0.39 is 5.97 Å². The fourth-order valence-electron chi connectivity index (χ4n) is 3.47. The topological polar surface area (TPSA) is 58.4 Å². The van der Waals surface area contributed by atoms with Crippen LogP contribution in [0.15, 0.2) is 0 Å². The highest BCUT2D eigenvalue weighted by molar-refractivity contribution is 5.73. The number of hydrogen-bond acceptors (Lipinski definition) is 3. The van der Waals surface area contributed by atoms with Crippen molar-refractivity contribution in [1.82, 2.24) is 14.7 Å². The minimum absolute atomic E-state index is 0.108. The van der Waals surface area contributed by atoms with E-state index in [1.54, 1.807) is 0 Å². The van der Waals surface area contributed by atoms with Crippen LogP contribution in [-0.4, -0.2) is 38.3 Å². The van der Waals surface area contributed by atoms with Crippen LogP contribution < -0.4 is 0 Å². The van der Waals surface area contributed by atoms with E-state index >= 15 is 0 Å².